The molecule has 2 unspecified atom stereocenters. The highest BCUT2D eigenvalue weighted by molar-refractivity contribution is 5.96. The van der Waals surface area contributed by atoms with Gasteiger partial charge in [0, 0.05) is 38.0 Å². The first kappa shape index (κ1) is 18.2. The maximum Gasteiger partial charge on any atom is 0.164 e. The third-order valence-electron chi connectivity index (χ3n) is 6.16. The first-order valence-corrected chi connectivity index (χ1v) is 9.82. The Kier molecular flexibility index (Phi) is 5.02. The quantitative estimate of drug-likeness (QED) is 0.772. The molecule has 0 aromatic heterocycles. The zero-order valence-electron chi connectivity index (χ0n) is 15.6. The number of Topliss-reactive ketones (excluding diaryl/α,β-unsaturated/α-hetero) is 1. The van der Waals surface area contributed by atoms with Gasteiger partial charge in [0.05, 0.1) is 5.60 Å². The summed E-state index contributed by atoms with van der Waals surface area (Å²) in [5.41, 5.74) is 1.28. The van der Waals surface area contributed by atoms with Crippen LogP contribution in [0.15, 0.2) is 54.6 Å². The predicted molar refractivity (Wildman–Crippen MR) is 105 cm³/mol. The van der Waals surface area contributed by atoms with E-state index in [1.807, 2.05) is 18.2 Å². The Bertz CT molecular complexity index is 773. The van der Waals surface area contributed by atoms with Crippen molar-refractivity contribution in [2.45, 2.75) is 31.3 Å². The highest BCUT2D eigenvalue weighted by Crippen LogP contribution is 2.45. The molecule has 2 N–H and O–H groups in total. The monoisotopic (exact) mass is 365 g/mol. The van der Waals surface area contributed by atoms with E-state index in [0.29, 0.717) is 23.8 Å². The molecular weight excluding hydrogens is 338 g/mol. The Labute approximate surface area is 160 Å². The largest absolute Gasteiger partial charge is 0.508 e. The fraction of sp³-hybridized carbons (Fsp3) is 0.435. The molecule has 0 radical (unpaired) electrons. The molecular formula is C23H27NO3. The highest BCUT2D eigenvalue weighted by atomic mass is 16.3. The zero-order chi connectivity index (χ0) is 18.9. The van der Waals surface area contributed by atoms with Crippen LogP contribution in [0.5, 0.6) is 5.75 Å². The lowest BCUT2D eigenvalue weighted by Crippen LogP contribution is -2.32. The maximum absolute atomic E-state index is 12.3. The van der Waals surface area contributed by atoms with Crippen LogP contribution in [0.2, 0.25) is 0 Å². The maximum atomic E-state index is 12.3. The van der Waals surface area contributed by atoms with Crippen molar-refractivity contribution in [1.82, 2.24) is 4.90 Å². The van der Waals surface area contributed by atoms with Crippen LogP contribution < -0.4 is 0 Å². The molecule has 2 atom stereocenters. The van der Waals surface area contributed by atoms with Gasteiger partial charge in [-0.2, -0.15) is 0 Å². The second-order valence-corrected chi connectivity index (χ2v) is 8.29. The Hall–Kier alpha value is -2.17. The minimum absolute atomic E-state index is 0.118. The molecule has 0 bridgehead atoms. The van der Waals surface area contributed by atoms with E-state index in [2.05, 4.69) is 17.0 Å². The summed E-state index contributed by atoms with van der Waals surface area (Å²) in [5.74, 6) is 1.36. The van der Waals surface area contributed by atoms with E-state index >= 15 is 0 Å². The average Bonchev–Trinajstić information content (AvgIpc) is 3.15. The molecule has 4 rings (SSSR count). The fourth-order valence-corrected chi connectivity index (χ4v) is 4.91. The average molecular weight is 365 g/mol. The van der Waals surface area contributed by atoms with Gasteiger partial charge in [-0.25, -0.2) is 0 Å². The highest BCUT2D eigenvalue weighted by Gasteiger charge is 2.47. The van der Waals surface area contributed by atoms with Gasteiger partial charge in [0.1, 0.15) is 5.75 Å². The zero-order valence-corrected chi connectivity index (χ0v) is 15.6. The molecule has 1 heterocycles. The predicted octanol–water partition coefficient (Wildman–Crippen LogP) is 3.28. The number of phenolic OH excluding ortho intramolecular Hbond substituents is 1. The molecule has 1 saturated carbocycles. The third-order valence-corrected chi connectivity index (χ3v) is 6.16. The molecule has 142 valence electrons. The van der Waals surface area contributed by atoms with Crippen molar-refractivity contribution >= 4 is 5.78 Å². The summed E-state index contributed by atoms with van der Waals surface area (Å²) in [4.78, 5) is 14.7. The summed E-state index contributed by atoms with van der Waals surface area (Å²) in [6, 6.07) is 16.7. The molecule has 4 nitrogen and oxygen atoms in total. The molecule has 2 fully saturated rings. The second-order valence-electron chi connectivity index (χ2n) is 8.29. The van der Waals surface area contributed by atoms with E-state index in [1.165, 1.54) is 5.56 Å². The molecule has 1 aliphatic carbocycles. The van der Waals surface area contributed by atoms with E-state index in [9.17, 15) is 15.0 Å². The number of carbonyl (C=O) groups excluding carboxylic acids is 1. The number of hydrogen-bond donors (Lipinski definition) is 2. The smallest absolute Gasteiger partial charge is 0.164 e. The number of aromatic hydroxyl groups is 1. The number of fused-ring (bicyclic) bond motifs is 1. The number of carbonyl (C=O) groups is 1. The van der Waals surface area contributed by atoms with E-state index in [0.717, 1.165) is 38.9 Å². The van der Waals surface area contributed by atoms with Gasteiger partial charge in [-0.05, 0) is 54.5 Å². The van der Waals surface area contributed by atoms with Crippen LogP contribution in [0, 0.1) is 11.8 Å². The molecule has 1 aliphatic heterocycles. The van der Waals surface area contributed by atoms with Crippen molar-refractivity contribution in [2.24, 2.45) is 11.8 Å². The lowest BCUT2D eigenvalue weighted by molar-refractivity contribution is 0.0353. The Morgan fingerprint density at radius 3 is 2.26 bits per heavy atom. The molecule has 0 amide bonds. The van der Waals surface area contributed by atoms with Gasteiger partial charge in [0.2, 0.25) is 0 Å². The Morgan fingerprint density at radius 2 is 1.63 bits per heavy atom. The number of likely N-dealkylation sites (tertiary alicyclic amines) is 1. The van der Waals surface area contributed by atoms with Crippen LogP contribution in [0.25, 0.3) is 0 Å². The number of hydrogen-bond acceptors (Lipinski definition) is 4. The molecule has 2 aromatic carbocycles. The molecule has 0 spiro atoms. The normalized spacial score (nSPS) is 27.6. The summed E-state index contributed by atoms with van der Waals surface area (Å²) < 4.78 is 0. The summed E-state index contributed by atoms with van der Waals surface area (Å²) >= 11 is 0. The SMILES string of the molecule is O=C(CCN1CC2CC(O)(Cc3ccccc3)CC2C1)c1ccc(O)cc1. The van der Waals surface area contributed by atoms with E-state index in [4.69, 9.17) is 0 Å². The van der Waals surface area contributed by atoms with Crippen LogP contribution in [0.3, 0.4) is 0 Å². The summed E-state index contributed by atoms with van der Waals surface area (Å²) in [7, 11) is 0. The minimum Gasteiger partial charge on any atom is -0.508 e. The number of nitrogens with zero attached hydrogens (tertiary/aromatic N) is 1. The Balaban J connectivity index is 1.27. The van der Waals surface area contributed by atoms with Crippen LogP contribution >= 0.6 is 0 Å². The minimum atomic E-state index is -0.579. The van der Waals surface area contributed by atoms with Crippen molar-refractivity contribution < 1.29 is 15.0 Å². The van der Waals surface area contributed by atoms with Crippen LogP contribution in [0.4, 0.5) is 0 Å². The lowest BCUT2D eigenvalue weighted by Gasteiger charge is -2.26. The standard InChI is InChI=1S/C23H27NO3/c25-21-8-6-18(7-9-21)22(26)10-11-24-15-19-13-23(27,14-20(19)16-24)12-17-4-2-1-3-5-17/h1-9,19-20,25,27H,10-16H2. The van der Waals surface area contributed by atoms with Crippen LogP contribution in [-0.4, -0.2) is 46.1 Å². The molecule has 2 aromatic rings. The van der Waals surface area contributed by atoms with Gasteiger partial charge < -0.3 is 15.1 Å². The van der Waals surface area contributed by atoms with Crippen molar-refractivity contribution in [1.29, 1.82) is 0 Å². The van der Waals surface area contributed by atoms with Gasteiger partial charge in [-0.15, -0.1) is 0 Å². The van der Waals surface area contributed by atoms with Gasteiger partial charge in [0.25, 0.3) is 0 Å². The number of benzene rings is 2. The number of ketones is 1. The topological polar surface area (TPSA) is 60.8 Å². The summed E-state index contributed by atoms with van der Waals surface area (Å²) in [6.45, 7) is 2.72. The summed E-state index contributed by atoms with van der Waals surface area (Å²) in [5, 5.41) is 20.4. The van der Waals surface area contributed by atoms with Gasteiger partial charge >= 0.3 is 0 Å². The van der Waals surface area contributed by atoms with Crippen molar-refractivity contribution in [3.8, 4) is 5.75 Å². The fourth-order valence-electron chi connectivity index (χ4n) is 4.91. The van der Waals surface area contributed by atoms with Crippen LogP contribution in [-0.2, 0) is 6.42 Å². The third kappa shape index (κ3) is 4.23. The summed E-state index contributed by atoms with van der Waals surface area (Å²) in [6.07, 6.45) is 2.95. The van der Waals surface area contributed by atoms with E-state index in [-0.39, 0.29) is 11.5 Å². The number of rotatable bonds is 6. The van der Waals surface area contributed by atoms with E-state index in [1.54, 1.807) is 24.3 Å². The second kappa shape index (κ2) is 7.45. The lowest BCUT2D eigenvalue weighted by atomic mass is 9.91. The molecule has 1 saturated heterocycles. The van der Waals surface area contributed by atoms with E-state index < -0.39 is 5.60 Å². The first-order chi connectivity index (χ1) is 13.0. The molecule has 27 heavy (non-hydrogen) atoms. The Morgan fingerprint density at radius 1 is 1.00 bits per heavy atom. The molecule has 4 heteroatoms. The molecule has 2 aliphatic rings. The van der Waals surface area contributed by atoms with Gasteiger partial charge in [0.15, 0.2) is 5.78 Å². The van der Waals surface area contributed by atoms with Gasteiger partial charge in [-0.1, -0.05) is 30.3 Å². The van der Waals surface area contributed by atoms with Gasteiger partial charge in [-0.3, -0.25) is 4.79 Å². The van der Waals surface area contributed by atoms with Crippen molar-refractivity contribution in [3.05, 3.63) is 65.7 Å². The van der Waals surface area contributed by atoms with Crippen LogP contribution in [0.1, 0.15) is 35.2 Å². The number of aliphatic hydroxyl groups is 1. The number of phenols is 1. The van der Waals surface area contributed by atoms with Crippen molar-refractivity contribution in [3.63, 3.8) is 0 Å². The van der Waals surface area contributed by atoms with Crippen molar-refractivity contribution in [2.75, 3.05) is 19.6 Å². The first-order valence-electron chi connectivity index (χ1n) is 9.82.